The summed E-state index contributed by atoms with van der Waals surface area (Å²) >= 11 is 0. The molecule has 2 aromatic carbocycles. The number of allylic oxidation sites excluding steroid dienone is 1. The zero-order valence-electron chi connectivity index (χ0n) is 15.9. The van der Waals surface area contributed by atoms with Crippen LogP contribution in [0, 0.1) is 12.3 Å². The van der Waals surface area contributed by atoms with Crippen molar-refractivity contribution in [3.8, 4) is 11.1 Å². The van der Waals surface area contributed by atoms with E-state index in [1.54, 1.807) is 12.1 Å². The van der Waals surface area contributed by atoms with Crippen LogP contribution in [-0.2, 0) is 5.92 Å². The molecule has 2 aliphatic carbocycles. The summed E-state index contributed by atoms with van der Waals surface area (Å²) in [5.74, 6) is -2.94. The average molecular weight is 376 g/mol. The van der Waals surface area contributed by atoms with Crippen molar-refractivity contribution in [3.63, 3.8) is 0 Å². The molecule has 1 N–H and O–H groups in total. The van der Waals surface area contributed by atoms with E-state index >= 15 is 8.78 Å². The van der Waals surface area contributed by atoms with Crippen molar-refractivity contribution in [3.05, 3.63) is 64.9 Å². The Morgan fingerprint density at radius 3 is 2.54 bits per heavy atom. The maximum atomic E-state index is 15.1. The number of aliphatic imine (C=N–C) groups is 1. The number of benzene rings is 2. The molecule has 1 spiro atoms. The van der Waals surface area contributed by atoms with Gasteiger partial charge in [0.05, 0.1) is 0 Å². The zero-order chi connectivity index (χ0) is 19.1. The maximum Gasteiger partial charge on any atom is 0.299 e. The lowest BCUT2D eigenvalue weighted by Gasteiger charge is -2.14. The minimum absolute atomic E-state index is 0.121. The van der Waals surface area contributed by atoms with Crippen LogP contribution in [0.2, 0.25) is 0 Å². The first kappa shape index (κ1) is 16.6. The van der Waals surface area contributed by atoms with E-state index in [0.717, 1.165) is 35.4 Å². The summed E-state index contributed by atoms with van der Waals surface area (Å²) in [6, 6.07) is 11.2. The van der Waals surface area contributed by atoms with Gasteiger partial charge in [-0.25, -0.2) is 0 Å². The Hall–Kier alpha value is -2.33. The molecule has 4 heteroatoms. The SMILES string of the molecule is Cc1ccc2c(c1)C(F)(F)c1cc(C3=CN=C(C4CC5(CC5)CN4)C3)ccc1-2. The zero-order valence-corrected chi connectivity index (χ0v) is 15.9. The molecule has 1 atom stereocenters. The van der Waals surface area contributed by atoms with Crippen molar-refractivity contribution in [2.24, 2.45) is 10.4 Å². The highest BCUT2D eigenvalue weighted by molar-refractivity contribution is 6.02. The van der Waals surface area contributed by atoms with Crippen LogP contribution in [0.5, 0.6) is 0 Å². The lowest BCUT2D eigenvalue weighted by atomic mass is 9.94. The third-order valence-electron chi connectivity index (χ3n) is 7.01. The van der Waals surface area contributed by atoms with Crippen molar-refractivity contribution in [1.82, 2.24) is 5.32 Å². The second-order valence-corrected chi connectivity index (χ2v) is 8.97. The van der Waals surface area contributed by atoms with Gasteiger partial charge in [-0.1, -0.05) is 29.8 Å². The summed E-state index contributed by atoms with van der Waals surface area (Å²) in [4.78, 5) is 4.65. The van der Waals surface area contributed by atoms with Crippen LogP contribution < -0.4 is 5.32 Å². The second-order valence-electron chi connectivity index (χ2n) is 8.97. The number of hydrogen-bond acceptors (Lipinski definition) is 2. The number of fused-ring (bicyclic) bond motifs is 3. The van der Waals surface area contributed by atoms with Gasteiger partial charge in [-0.2, -0.15) is 8.78 Å². The summed E-state index contributed by atoms with van der Waals surface area (Å²) in [7, 11) is 0. The highest BCUT2D eigenvalue weighted by Gasteiger charge is 2.49. The quantitative estimate of drug-likeness (QED) is 0.741. The number of alkyl halides is 2. The Morgan fingerprint density at radius 2 is 1.79 bits per heavy atom. The number of rotatable bonds is 2. The van der Waals surface area contributed by atoms with E-state index in [1.807, 2.05) is 37.4 Å². The van der Waals surface area contributed by atoms with Crippen molar-refractivity contribution in [1.29, 1.82) is 0 Å². The maximum absolute atomic E-state index is 15.1. The minimum atomic E-state index is -2.94. The molecule has 142 valence electrons. The molecule has 0 bridgehead atoms. The topological polar surface area (TPSA) is 24.4 Å². The Balaban J connectivity index is 1.29. The molecule has 6 rings (SSSR count). The Labute approximate surface area is 163 Å². The van der Waals surface area contributed by atoms with E-state index in [9.17, 15) is 0 Å². The lowest BCUT2D eigenvalue weighted by molar-refractivity contribution is 0.0479. The van der Waals surface area contributed by atoms with Crippen molar-refractivity contribution >= 4 is 11.3 Å². The van der Waals surface area contributed by atoms with E-state index in [2.05, 4.69) is 10.3 Å². The highest BCUT2D eigenvalue weighted by Crippen LogP contribution is 2.53. The van der Waals surface area contributed by atoms with Crippen LogP contribution in [0.15, 0.2) is 47.6 Å². The fraction of sp³-hybridized carbons (Fsp3) is 0.375. The van der Waals surface area contributed by atoms with Gasteiger partial charge in [-0.05, 0) is 66.0 Å². The monoisotopic (exact) mass is 376 g/mol. The van der Waals surface area contributed by atoms with E-state index in [-0.39, 0.29) is 11.1 Å². The average Bonchev–Trinajstić information content (AvgIpc) is 3.03. The molecule has 4 aliphatic rings. The smallest absolute Gasteiger partial charge is 0.299 e. The lowest BCUT2D eigenvalue weighted by Crippen LogP contribution is -2.29. The van der Waals surface area contributed by atoms with Gasteiger partial charge in [-0.15, -0.1) is 0 Å². The molecule has 2 fully saturated rings. The molecule has 0 radical (unpaired) electrons. The second kappa shape index (κ2) is 5.38. The van der Waals surface area contributed by atoms with Gasteiger partial charge in [-0.3, -0.25) is 4.99 Å². The van der Waals surface area contributed by atoms with Crippen LogP contribution in [0.3, 0.4) is 0 Å². The minimum Gasteiger partial charge on any atom is -0.308 e. The van der Waals surface area contributed by atoms with Gasteiger partial charge in [0.15, 0.2) is 0 Å². The molecule has 0 aromatic heterocycles. The predicted octanol–water partition coefficient (Wildman–Crippen LogP) is 5.44. The molecule has 2 aromatic rings. The Bertz CT molecular complexity index is 1080. The van der Waals surface area contributed by atoms with Gasteiger partial charge >= 0.3 is 0 Å². The largest absolute Gasteiger partial charge is 0.308 e. The van der Waals surface area contributed by atoms with Gasteiger partial charge in [0.25, 0.3) is 5.92 Å². The number of nitrogens with one attached hydrogen (secondary N) is 1. The molecule has 1 unspecified atom stereocenters. The van der Waals surface area contributed by atoms with Gasteiger partial charge in [0.2, 0.25) is 0 Å². The fourth-order valence-corrected chi connectivity index (χ4v) is 5.08. The number of nitrogens with zero attached hydrogens (tertiary/aromatic N) is 1. The van der Waals surface area contributed by atoms with Crippen LogP contribution >= 0.6 is 0 Å². The van der Waals surface area contributed by atoms with Crippen LogP contribution in [0.1, 0.15) is 47.9 Å². The first-order valence-electron chi connectivity index (χ1n) is 10.1. The van der Waals surface area contributed by atoms with E-state index in [0.29, 0.717) is 22.6 Å². The van der Waals surface area contributed by atoms with Crippen LogP contribution in [0.25, 0.3) is 16.7 Å². The Morgan fingerprint density at radius 1 is 1.04 bits per heavy atom. The van der Waals surface area contributed by atoms with Crippen LogP contribution in [0.4, 0.5) is 8.78 Å². The molecule has 28 heavy (non-hydrogen) atoms. The molecule has 1 saturated carbocycles. The summed E-state index contributed by atoms with van der Waals surface area (Å²) in [5, 5.41) is 3.61. The number of halogens is 2. The van der Waals surface area contributed by atoms with Gasteiger partial charge in [0, 0.05) is 42.0 Å². The summed E-state index contributed by atoms with van der Waals surface area (Å²) in [6.07, 6.45) is 6.45. The van der Waals surface area contributed by atoms with Crippen molar-refractivity contribution < 1.29 is 8.78 Å². The van der Waals surface area contributed by atoms with Gasteiger partial charge < -0.3 is 5.32 Å². The Kier molecular flexibility index (Phi) is 3.19. The summed E-state index contributed by atoms with van der Waals surface area (Å²) in [6.45, 7) is 2.95. The molecule has 0 amide bonds. The standard InChI is InChI=1S/C24H22F2N2/c1-14-2-4-17-18-5-3-15(9-20(18)24(25,26)19(17)8-14)16-10-21(27-12-16)22-11-23(6-7-23)13-28-22/h2-5,8-9,12,22,28H,6-7,10-11,13H2,1H3. The molecular formula is C24H22F2N2. The fourth-order valence-electron chi connectivity index (χ4n) is 5.08. The third-order valence-corrected chi connectivity index (χ3v) is 7.01. The summed E-state index contributed by atoms with van der Waals surface area (Å²) < 4.78 is 30.3. The van der Waals surface area contributed by atoms with Gasteiger partial charge in [0.1, 0.15) is 0 Å². The highest BCUT2D eigenvalue weighted by atomic mass is 19.3. The molecule has 1 saturated heterocycles. The van der Waals surface area contributed by atoms with Crippen molar-refractivity contribution in [2.45, 2.75) is 44.6 Å². The first-order valence-corrected chi connectivity index (χ1v) is 10.1. The molecule has 2 nitrogen and oxygen atoms in total. The van der Waals surface area contributed by atoms with Crippen LogP contribution in [-0.4, -0.2) is 18.3 Å². The third kappa shape index (κ3) is 2.30. The first-order chi connectivity index (χ1) is 13.5. The molecular weight excluding hydrogens is 354 g/mol. The molecule has 2 aliphatic heterocycles. The van der Waals surface area contributed by atoms with E-state index < -0.39 is 5.92 Å². The normalized spacial score (nSPS) is 25.5. The summed E-state index contributed by atoms with van der Waals surface area (Å²) in [5.41, 5.74) is 5.99. The number of hydrogen-bond donors (Lipinski definition) is 1. The van der Waals surface area contributed by atoms with E-state index in [4.69, 9.17) is 0 Å². The number of aryl methyl sites for hydroxylation is 1. The molecule has 2 heterocycles. The van der Waals surface area contributed by atoms with E-state index in [1.165, 1.54) is 19.3 Å². The predicted molar refractivity (Wildman–Crippen MR) is 108 cm³/mol. The van der Waals surface area contributed by atoms with Crippen molar-refractivity contribution in [2.75, 3.05) is 6.54 Å².